The number of likely N-dealkylation sites (tertiary alicyclic amines) is 1. The van der Waals surface area contributed by atoms with E-state index >= 15 is 0 Å². The highest BCUT2D eigenvalue weighted by atomic mass is 35.5. The van der Waals surface area contributed by atoms with E-state index in [1.165, 1.54) is 12.8 Å². The summed E-state index contributed by atoms with van der Waals surface area (Å²) in [6, 6.07) is 15.8. The number of ether oxygens (including phenoxy) is 1. The van der Waals surface area contributed by atoms with Gasteiger partial charge in [0.1, 0.15) is 6.61 Å². The topological polar surface area (TPSA) is 71.7 Å². The van der Waals surface area contributed by atoms with E-state index in [1.54, 1.807) is 24.4 Å². The first-order valence-corrected chi connectivity index (χ1v) is 13.1. The zero-order chi connectivity index (χ0) is 25.2. The number of amides is 1. The Hall–Kier alpha value is -2.80. The molecule has 0 unspecified atom stereocenters. The predicted molar refractivity (Wildman–Crippen MR) is 145 cm³/mol. The van der Waals surface area contributed by atoms with E-state index in [0.717, 1.165) is 37.1 Å². The molecule has 1 amide bonds. The standard InChI is InChI=1S/C28H30Cl2N4O2/c1-33(21-11-12-21)16-22-4-3-13-34(22)28(35)19-9-7-18(8-10-19)20-14-26(27(31)32-15-20)36-17-23-24(29)5-2-6-25(23)30/h2,5-10,14-15,21-22H,3-4,11-13,16-17H2,1H3,(H2,31,32)/t22-/m1/s1. The number of hydrogen-bond acceptors (Lipinski definition) is 5. The lowest BCUT2D eigenvalue weighted by Gasteiger charge is -2.29. The van der Waals surface area contributed by atoms with E-state index in [9.17, 15) is 4.79 Å². The van der Waals surface area contributed by atoms with Crippen molar-refractivity contribution in [3.63, 3.8) is 0 Å². The van der Waals surface area contributed by atoms with Crippen molar-refractivity contribution >= 4 is 34.9 Å². The van der Waals surface area contributed by atoms with E-state index in [2.05, 4.69) is 16.9 Å². The van der Waals surface area contributed by atoms with Crippen molar-refractivity contribution in [2.24, 2.45) is 0 Å². The van der Waals surface area contributed by atoms with Crippen LogP contribution in [0, 0.1) is 0 Å². The first-order valence-electron chi connectivity index (χ1n) is 12.3. The minimum absolute atomic E-state index is 0.101. The molecule has 1 aromatic heterocycles. The van der Waals surface area contributed by atoms with Gasteiger partial charge in [-0.3, -0.25) is 4.79 Å². The summed E-state index contributed by atoms with van der Waals surface area (Å²) in [6.45, 7) is 1.95. The highest BCUT2D eigenvalue weighted by molar-refractivity contribution is 6.35. The molecule has 188 valence electrons. The second-order valence-electron chi connectivity index (χ2n) is 9.64. The smallest absolute Gasteiger partial charge is 0.254 e. The van der Waals surface area contributed by atoms with Gasteiger partial charge in [0.05, 0.1) is 0 Å². The Labute approximate surface area is 222 Å². The number of carbonyl (C=O) groups excluding carboxylic acids is 1. The van der Waals surface area contributed by atoms with E-state index in [0.29, 0.717) is 33.0 Å². The number of halogens is 2. The summed E-state index contributed by atoms with van der Waals surface area (Å²) in [6.07, 6.45) is 6.39. The molecule has 2 heterocycles. The Morgan fingerprint density at radius 1 is 1.11 bits per heavy atom. The van der Waals surface area contributed by atoms with Crippen molar-refractivity contribution < 1.29 is 9.53 Å². The third kappa shape index (κ3) is 5.46. The third-order valence-corrected chi connectivity index (χ3v) is 7.80. The van der Waals surface area contributed by atoms with Crippen LogP contribution in [0.3, 0.4) is 0 Å². The molecule has 2 fully saturated rings. The summed E-state index contributed by atoms with van der Waals surface area (Å²) in [5.41, 5.74) is 9.21. The largest absolute Gasteiger partial charge is 0.485 e. The van der Waals surface area contributed by atoms with E-state index in [4.69, 9.17) is 33.7 Å². The number of nitrogen functional groups attached to an aromatic ring is 1. The minimum atomic E-state index is 0.101. The molecule has 3 aromatic rings. The van der Waals surface area contributed by atoms with Gasteiger partial charge in [0.15, 0.2) is 11.6 Å². The first-order chi connectivity index (χ1) is 17.4. The Balaban J connectivity index is 1.28. The van der Waals surface area contributed by atoms with E-state index < -0.39 is 0 Å². The van der Waals surface area contributed by atoms with Crippen LogP contribution in [0.2, 0.25) is 10.0 Å². The number of pyridine rings is 1. The molecule has 2 N–H and O–H groups in total. The number of likely N-dealkylation sites (N-methyl/N-ethyl adjacent to an activating group) is 1. The lowest BCUT2D eigenvalue weighted by molar-refractivity contribution is 0.0707. The molecule has 1 saturated heterocycles. The Bertz CT molecular complexity index is 1230. The van der Waals surface area contributed by atoms with Gasteiger partial charge in [0.25, 0.3) is 5.91 Å². The second-order valence-corrected chi connectivity index (χ2v) is 10.5. The van der Waals surface area contributed by atoms with Gasteiger partial charge in [-0.1, -0.05) is 41.4 Å². The van der Waals surface area contributed by atoms with Gasteiger partial charge in [-0.15, -0.1) is 0 Å². The number of anilines is 1. The third-order valence-electron chi connectivity index (χ3n) is 7.09. The molecule has 0 bridgehead atoms. The normalized spacial score (nSPS) is 17.6. The summed E-state index contributed by atoms with van der Waals surface area (Å²) < 4.78 is 5.92. The summed E-state index contributed by atoms with van der Waals surface area (Å²) in [7, 11) is 2.18. The van der Waals surface area contributed by atoms with Crippen molar-refractivity contribution in [3.05, 3.63) is 75.9 Å². The van der Waals surface area contributed by atoms with Crippen LogP contribution >= 0.6 is 23.2 Å². The number of hydrogen-bond donors (Lipinski definition) is 1. The minimum Gasteiger partial charge on any atom is -0.485 e. The lowest BCUT2D eigenvalue weighted by atomic mass is 10.0. The molecule has 1 aliphatic carbocycles. The number of nitrogens with two attached hydrogens (primary N) is 1. The average molecular weight is 525 g/mol. The first kappa shape index (κ1) is 24.9. The lowest BCUT2D eigenvalue weighted by Crippen LogP contribution is -2.42. The molecular weight excluding hydrogens is 495 g/mol. The van der Waals surface area contributed by atoms with Crippen molar-refractivity contribution in [2.75, 3.05) is 25.9 Å². The number of carbonyl (C=O) groups is 1. The maximum atomic E-state index is 13.3. The van der Waals surface area contributed by atoms with Crippen molar-refractivity contribution in [2.45, 2.75) is 44.4 Å². The SMILES string of the molecule is CN(C[C@H]1CCCN1C(=O)c1ccc(-c2cnc(N)c(OCc3c(Cl)cccc3Cl)c2)cc1)C1CC1. The molecular formula is C28H30Cl2N4O2. The number of benzene rings is 2. The molecule has 1 saturated carbocycles. The van der Waals surface area contributed by atoms with Gasteiger partial charge in [-0.05, 0) is 68.6 Å². The Kier molecular flexibility index (Phi) is 7.37. The quantitative estimate of drug-likeness (QED) is 0.396. The number of rotatable bonds is 8. The highest BCUT2D eigenvalue weighted by Gasteiger charge is 2.34. The maximum Gasteiger partial charge on any atom is 0.254 e. The molecule has 6 nitrogen and oxygen atoms in total. The fraction of sp³-hybridized carbons (Fsp3) is 0.357. The van der Waals surface area contributed by atoms with Crippen molar-refractivity contribution in [1.82, 2.24) is 14.8 Å². The Morgan fingerprint density at radius 3 is 2.53 bits per heavy atom. The van der Waals surface area contributed by atoms with Crippen molar-refractivity contribution in [3.8, 4) is 16.9 Å². The predicted octanol–water partition coefficient (Wildman–Crippen LogP) is 5.92. The van der Waals surface area contributed by atoms with Gasteiger partial charge in [0.2, 0.25) is 0 Å². The molecule has 2 aliphatic rings. The zero-order valence-corrected chi connectivity index (χ0v) is 21.8. The van der Waals surface area contributed by atoms with Crippen LogP contribution in [-0.4, -0.2) is 52.9 Å². The summed E-state index contributed by atoms with van der Waals surface area (Å²) in [4.78, 5) is 22.0. The molecule has 1 aliphatic heterocycles. The van der Waals surface area contributed by atoms with Gasteiger partial charge < -0.3 is 20.3 Å². The summed E-state index contributed by atoms with van der Waals surface area (Å²) in [5.74, 6) is 0.831. The van der Waals surface area contributed by atoms with Gasteiger partial charge in [-0.2, -0.15) is 0 Å². The summed E-state index contributed by atoms with van der Waals surface area (Å²) >= 11 is 12.5. The van der Waals surface area contributed by atoms with Gasteiger partial charge >= 0.3 is 0 Å². The van der Waals surface area contributed by atoms with Gasteiger partial charge in [0, 0.05) is 58.1 Å². The fourth-order valence-corrected chi connectivity index (χ4v) is 5.32. The van der Waals surface area contributed by atoms with Crippen LogP contribution in [0.5, 0.6) is 5.75 Å². The second kappa shape index (κ2) is 10.7. The fourth-order valence-electron chi connectivity index (χ4n) is 4.81. The molecule has 0 spiro atoms. The average Bonchev–Trinajstić information content (AvgIpc) is 3.64. The van der Waals surface area contributed by atoms with Crippen molar-refractivity contribution in [1.29, 1.82) is 0 Å². The molecule has 5 rings (SSSR count). The Morgan fingerprint density at radius 2 is 1.83 bits per heavy atom. The van der Waals surface area contributed by atoms with Crippen LogP contribution < -0.4 is 10.5 Å². The van der Waals surface area contributed by atoms with Crippen LogP contribution in [0.15, 0.2) is 54.7 Å². The molecule has 1 atom stereocenters. The van der Waals surface area contributed by atoms with Gasteiger partial charge in [-0.25, -0.2) is 4.98 Å². The van der Waals surface area contributed by atoms with Crippen LogP contribution in [-0.2, 0) is 6.61 Å². The molecule has 8 heteroatoms. The summed E-state index contributed by atoms with van der Waals surface area (Å²) in [5, 5.41) is 1.06. The number of aromatic nitrogens is 1. The van der Waals surface area contributed by atoms with Crippen LogP contribution in [0.4, 0.5) is 5.82 Å². The molecule has 0 radical (unpaired) electrons. The van der Waals surface area contributed by atoms with Crippen LogP contribution in [0.25, 0.3) is 11.1 Å². The molecule has 2 aromatic carbocycles. The van der Waals surface area contributed by atoms with Crippen LogP contribution in [0.1, 0.15) is 41.6 Å². The molecule has 36 heavy (non-hydrogen) atoms. The maximum absolute atomic E-state index is 13.3. The highest BCUT2D eigenvalue weighted by Crippen LogP contribution is 2.31. The zero-order valence-electron chi connectivity index (χ0n) is 20.3. The monoisotopic (exact) mass is 524 g/mol. The number of nitrogens with zero attached hydrogens (tertiary/aromatic N) is 3. The van der Waals surface area contributed by atoms with E-state index in [-0.39, 0.29) is 24.4 Å². The van der Waals surface area contributed by atoms with E-state index in [1.807, 2.05) is 35.2 Å².